The molecule has 90 valence electrons. The number of nitrogen functional groups attached to an aromatic ring is 1. The maximum atomic E-state index is 5.75. The second kappa shape index (κ2) is 5.50. The van der Waals surface area contributed by atoms with Gasteiger partial charge < -0.3 is 16.0 Å². The van der Waals surface area contributed by atoms with Crippen molar-refractivity contribution in [1.82, 2.24) is 9.55 Å². The lowest BCUT2D eigenvalue weighted by Crippen LogP contribution is -2.01. The first-order chi connectivity index (χ1) is 8.29. The zero-order valence-electron chi connectivity index (χ0n) is 9.84. The Bertz CT molecular complexity index is 476. The van der Waals surface area contributed by atoms with E-state index >= 15 is 0 Å². The fourth-order valence-corrected chi connectivity index (χ4v) is 1.77. The van der Waals surface area contributed by atoms with Gasteiger partial charge in [0.15, 0.2) is 0 Å². The highest BCUT2D eigenvalue weighted by atomic mass is 15.0. The summed E-state index contributed by atoms with van der Waals surface area (Å²) in [6.07, 6.45) is 6.04. The average Bonchev–Trinajstić information content (AvgIpc) is 2.78. The molecule has 0 spiro atoms. The zero-order chi connectivity index (χ0) is 12.1. The fourth-order valence-electron chi connectivity index (χ4n) is 1.77. The number of nitrogens with two attached hydrogens (primary N) is 2. The molecule has 0 radical (unpaired) electrons. The molecule has 0 bridgehead atoms. The maximum absolute atomic E-state index is 5.75. The third-order valence-electron chi connectivity index (χ3n) is 2.69. The maximum Gasteiger partial charge on any atom is 0.0953 e. The van der Waals surface area contributed by atoms with Crippen LogP contribution < -0.4 is 11.5 Å². The van der Waals surface area contributed by atoms with Gasteiger partial charge in [-0.1, -0.05) is 12.1 Å². The lowest BCUT2D eigenvalue weighted by Gasteiger charge is -2.00. The Morgan fingerprint density at radius 3 is 2.88 bits per heavy atom. The minimum absolute atomic E-state index is 0.747. The number of aryl methyl sites for hydroxylation is 1. The van der Waals surface area contributed by atoms with Crippen LogP contribution in [0.15, 0.2) is 36.8 Å². The van der Waals surface area contributed by atoms with Crippen molar-refractivity contribution in [3.8, 4) is 11.3 Å². The van der Waals surface area contributed by atoms with Crippen molar-refractivity contribution in [2.45, 2.75) is 19.4 Å². The summed E-state index contributed by atoms with van der Waals surface area (Å²) in [6.45, 7) is 1.71. The van der Waals surface area contributed by atoms with E-state index in [2.05, 4.69) is 9.55 Å². The molecule has 1 heterocycles. The third-order valence-corrected chi connectivity index (χ3v) is 2.69. The topological polar surface area (TPSA) is 69.9 Å². The van der Waals surface area contributed by atoms with Gasteiger partial charge in [-0.25, -0.2) is 4.98 Å². The molecule has 0 aliphatic rings. The van der Waals surface area contributed by atoms with Crippen molar-refractivity contribution >= 4 is 5.69 Å². The molecule has 4 N–H and O–H groups in total. The highest BCUT2D eigenvalue weighted by molar-refractivity contribution is 5.63. The van der Waals surface area contributed by atoms with Crippen molar-refractivity contribution < 1.29 is 0 Å². The van der Waals surface area contributed by atoms with E-state index in [-0.39, 0.29) is 0 Å². The van der Waals surface area contributed by atoms with E-state index in [1.54, 1.807) is 0 Å². The van der Waals surface area contributed by atoms with E-state index in [9.17, 15) is 0 Å². The molecule has 4 heteroatoms. The molecule has 0 amide bonds. The standard InChI is InChI=1S/C13H18N4/c14-6-1-2-7-17-9-13(16-10-17)11-4-3-5-12(15)8-11/h3-5,8-10H,1-2,6-7,14-15H2. The number of imidazole rings is 1. The predicted octanol–water partition coefficient (Wildman–Crippen LogP) is 1.87. The quantitative estimate of drug-likeness (QED) is 0.608. The van der Waals surface area contributed by atoms with E-state index in [1.165, 1.54) is 0 Å². The molecule has 0 aliphatic carbocycles. The molecule has 0 atom stereocenters. The Labute approximate surface area is 101 Å². The second-order valence-electron chi connectivity index (χ2n) is 4.12. The first-order valence-electron chi connectivity index (χ1n) is 5.87. The van der Waals surface area contributed by atoms with Crippen LogP contribution in [0, 0.1) is 0 Å². The first-order valence-corrected chi connectivity index (χ1v) is 5.87. The van der Waals surface area contributed by atoms with Gasteiger partial charge in [-0.3, -0.25) is 0 Å². The van der Waals surface area contributed by atoms with E-state index < -0.39 is 0 Å². The molecular formula is C13H18N4. The number of benzene rings is 1. The fraction of sp³-hybridized carbons (Fsp3) is 0.308. The van der Waals surface area contributed by atoms with Crippen LogP contribution in [0.5, 0.6) is 0 Å². The van der Waals surface area contributed by atoms with Gasteiger partial charge in [-0.2, -0.15) is 0 Å². The molecule has 0 unspecified atom stereocenters. The van der Waals surface area contributed by atoms with Crippen LogP contribution in [-0.2, 0) is 6.54 Å². The van der Waals surface area contributed by atoms with Gasteiger partial charge in [0.2, 0.25) is 0 Å². The summed E-state index contributed by atoms with van der Waals surface area (Å²) in [6, 6.07) is 7.77. The van der Waals surface area contributed by atoms with Gasteiger partial charge in [0.05, 0.1) is 12.0 Å². The van der Waals surface area contributed by atoms with Crippen molar-refractivity contribution in [1.29, 1.82) is 0 Å². The number of hydrogen-bond acceptors (Lipinski definition) is 3. The van der Waals surface area contributed by atoms with Crippen LogP contribution >= 0.6 is 0 Å². The summed E-state index contributed by atoms with van der Waals surface area (Å²) in [4.78, 5) is 4.38. The smallest absolute Gasteiger partial charge is 0.0953 e. The molecule has 1 aromatic heterocycles. The molecule has 4 nitrogen and oxygen atoms in total. The number of hydrogen-bond donors (Lipinski definition) is 2. The molecular weight excluding hydrogens is 212 g/mol. The number of aromatic nitrogens is 2. The van der Waals surface area contributed by atoms with E-state index in [0.717, 1.165) is 42.9 Å². The van der Waals surface area contributed by atoms with Crippen LogP contribution in [-0.4, -0.2) is 16.1 Å². The van der Waals surface area contributed by atoms with Crippen molar-refractivity contribution in [3.63, 3.8) is 0 Å². The molecule has 0 fully saturated rings. The lowest BCUT2D eigenvalue weighted by atomic mass is 10.1. The van der Waals surface area contributed by atoms with E-state index in [4.69, 9.17) is 11.5 Å². The zero-order valence-corrected chi connectivity index (χ0v) is 9.84. The number of rotatable bonds is 5. The molecule has 0 saturated heterocycles. The van der Waals surface area contributed by atoms with E-state index in [1.807, 2.05) is 36.8 Å². The summed E-state index contributed by atoms with van der Waals surface area (Å²) in [5.74, 6) is 0. The van der Waals surface area contributed by atoms with Crippen LogP contribution in [0.4, 0.5) is 5.69 Å². The summed E-state index contributed by atoms with van der Waals surface area (Å²) >= 11 is 0. The Morgan fingerprint density at radius 1 is 1.24 bits per heavy atom. The second-order valence-corrected chi connectivity index (χ2v) is 4.12. The molecule has 0 saturated carbocycles. The summed E-state index contributed by atoms with van der Waals surface area (Å²) in [5.41, 5.74) is 14.0. The third kappa shape index (κ3) is 3.07. The minimum atomic E-state index is 0.747. The van der Waals surface area contributed by atoms with Gasteiger partial charge in [0.25, 0.3) is 0 Å². The summed E-state index contributed by atoms with van der Waals surface area (Å²) in [7, 11) is 0. The number of nitrogens with zero attached hydrogens (tertiary/aromatic N) is 2. The predicted molar refractivity (Wildman–Crippen MR) is 70.4 cm³/mol. The molecule has 1 aromatic carbocycles. The molecule has 2 rings (SSSR count). The number of unbranched alkanes of at least 4 members (excludes halogenated alkanes) is 1. The van der Waals surface area contributed by atoms with Gasteiger partial charge in [-0.05, 0) is 31.5 Å². The van der Waals surface area contributed by atoms with Crippen LogP contribution in [0.3, 0.4) is 0 Å². The van der Waals surface area contributed by atoms with E-state index in [0.29, 0.717) is 0 Å². The monoisotopic (exact) mass is 230 g/mol. The van der Waals surface area contributed by atoms with Crippen LogP contribution in [0.2, 0.25) is 0 Å². The average molecular weight is 230 g/mol. The van der Waals surface area contributed by atoms with Gasteiger partial charge >= 0.3 is 0 Å². The van der Waals surface area contributed by atoms with Gasteiger partial charge in [-0.15, -0.1) is 0 Å². The summed E-state index contributed by atoms with van der Waals surface area (Å²) in [5, 5.41) is 0. The van der Waals surface area contributed by atoms with Crippen molar-refractivity contribution in [3.05, 3.63) is 36.8 Å². The first kappa shape index (κ1) is 11.7. The SMILES string of the molecule is NCCCCn1cnc(-c2cccc(N)c2)c1. The summed E-state index contributed by atoms with van der Waals surface area (Å²) < 4.78 is 2.09. The Hall–Kier alpha value is -1.81. The minimum Gasteiger partial charge on any atom is -0.399 e. The highest BCUT2D eigenvalue weighted by Crippen LogP contribution is 2.19. The van der Waals surface area contributed by atoms with Crippen LogP contribution in [0.25, 0.3) is 11.3 Å². The molecule has 0 aliphatic heterocycles. The Morgan fingerprint density at radius 2 is 2.12 bits per heavy atom. The van der Waals surface area contributed by atoms with Crippen molar-refractivity contribution in [2.24, 2.45) is 5.73 Å². The Balaban J connectivity index is 2.07. The van der Waals surface area contributed by atoms with Crippen molar-refractivity contribution in [2.75, 3.05) is 12.3 Å². The lowest BCUT2D eigenvalue weighted by molar-refractivity contribution is 0.614. The number of anilines is 1. The highest BCUT2D eigenvalue weighted by Gasteiger charge is 2.02. The van der Waals surface area contributed by atoms with Crippen LogP contribution in [0.1, 0.15) is 12.8 Å². The molecule has 17 heavy (non-hydrogen) atoms. The Kier molecular flexibility index (Phi) is 3.77. The van der Waals surface area contributed by atoms with Gasteiger partial charge in [0, 0.05) is 24.0 Å². The normalized spacial score (nSPS) is 10.6. The largest absolute Gasteiger partial charge is 0.399 e. The van der Waals surface area contributed by atoms with Gasteiger partial charge in [0.1, 0.15) is 0 Å². The molecule has 2 aromatic rings.